The second-order valence-corrected chi connectivity index (χ2v) is 6.53. The van der Waals surface area contributed by atoms with Crippen molar-refractivity contribution in [1.82, 2.24) is 9.80 Å². The van der Waals surface area contributed by atoms with Gasteiger partial charge >= 0.3 is 18.1 Å². The quantitative estimate of drug-likeness (QED) is 0.443. The molecule has 1 N–H and O–H groups in total. The highest BCUT2D eigenvalue weighted by atomic mass is 16.6. The Labute approximate surface area is 138 Å². The highest BCUT2D eigenvalue weighted by Crippen LogP contribution is 2.30. The minimum atomic E-state index is -0.639. The van der Waals surface area contributed by atoms with E-state index in [4.69, 9.17) is 14.2 Å². The third-order valence-corrected chi connectivity index (χ3v) is 4.63. The average molecular weight is 342 g/mol. The zero-order chi connectivity index (χ0) is 16.9. The molecule has 4 rings (SSSR count). The van der Waals surface area contributed by atoms with Gasteiger partial charge in [-0.25, -0.2) is 24.2 Å². The Balaban J connectivity index is 1.66. The first-order valence-electron chi connectivity index (χ1n) is 8.06. The highest BCUT2D eigenvalue weighted by molar-refractivity contribution is 6.06. The maximum atomic E-state index is 13.0. The summed E-state index contributed by atoms with van der Waals surface area (Å²) in [5.74, 6) is 0. The van der Waals surface area contributed by atoms with E-state index < -0.39 is 22.6 Å². The van der Waals surface area contributed by atoms with Gasteiger partial charge in [-0.2, -0.15) is 4.48 Å². The SMILES string of the molecule is O=C1N(CC2CO2)C(=O)[N+](CCO)(CC2CO2)C(=O)N1CC1CO1. The van der Waals surface area contributed by atoms with E-state index in [1.165, 1.54) is 0 Å². The van der Waals surface area contributed by atoms with E-state index in [2.05, 4.69) is 0 Å². The van der Waals surface area contributed by atoms with Gasteiger partial charge in [-0.1, -0.05) is 0 Å². The summed E-state index contributed by atoms with van der Waals surface area (Å²) < 4.78 is 14.8. The predicted octanol–water partition coefficient (Wildman–Crippen LogP) is -1.03. The Morgan fingerprint density at radius 1 is 0.917 bits per heavy atom. The third-order valence-electron chi connectivity index (χ3n) is 4.63. The molecule has 4 saturated heterocycles. The standard InChI is InChI=1S/C14H20N3O7/c18-2-1-17(5-11-8-24-11)13(20)15(3-9-6-22-9)12(19)16(14(17)21)4-10-7-23-10/h9-11,18H,1-8H2/q+1. The zero-order valence-electron chi connectivity index (χ0n) is 13.1. The molecule has 0 aromatic heterocycles. The summed E-state index contributed by atoms with van der Waals surface area (Å²) in [6.45, 7) is 1.36. The Kier molecular flexibility index (Phi) is 3.81. The molecule has 10 heteroatoms. The largest absolute Gasteiger partial charge is 0.436 e. The van der Waals surface area contributed by atoms with Gasteiger partial charge < -0.3 is 19.3 Å². The first-order chi connectivity index (χ1) is 11.5. The number of carbonyl (C=O) groups excluding carboxylic acids is 3. The fourth-order valence-corrected chi connectivity index (χ4v) is 3.05. The molecule has 0 bridgehead atoms. The van der Waals surface area contributed by atoms with Crippen LogP contribution in [0.5, 0.6) is 0 Å². The van der Waals surface area contributed by atoms with Crippen LogP contribution >= 0.6 is 0 Å². The number of urea groups is 3. The van der Waals surface area contributed by atoms with Crippen molar-refractivity contribution in [1.29, 1.82) is 0 Å². The Morgan fingerprint density at radius 3 is 1.75 bits per heavy atom. The van der Waals surface area contributed by atoms with Gasteiger partial charge in [0.1, 0.15) is 19.2 Å². The normalized spacial score (nSPS) is 37.9. The maximum absolute atomic E-state index is 13.0. The van der Waals surface area contributed by atoms with Crippen molar-refractivity contribution in [3.05, 3.63) is 0 Å². The van der Waals surface area contributed by atoms with Crippen LogP contribution in [0.2, 0.25) is 0 Å². The fourth-order valence-electron chi connectivity index (χ4n) is 3.05. The van der Waals surface area contributed by atoms with Crippen molar-refractivity contribution < 1.29 is 38.2 Å². The van der Waals surface area contributed by atoms with Crippen LogP contribution in [0.15, 0.2) is 0 Å². The molecule has 132 valence electrons. The number of nitrogens with zero attached hydrogens (tertiary/aromatic N) is 3. The minimum Gasteiger partial charge on any atom is -0.390 e. The van der Waals surface area contributed by atoms with E-state index in [1.54, 1.807) is 0 Å². The number of rotatable bonds is 8. The van der Waals surface area contributed by atoms with E-state index in [1.807, 2.05) is 0 Å². The van der Waals surface area contributed by atoms with E-state index in [9.17, 15) is 19.5 Å². The maximum Gasteiger partial charge on any atom is 0.436 e. The zero-order valence-corrected chi connectivity index (χ0v) is 13.1. The molecule has 0 radical (unpaired) electrons. The van der Waals surface area contributed by atoms with Gasteiger partial charge in [0.15, 0.2) is 0 Å². The minimum absolute atomic E-state index is 0.0884. The van der Waals surface area contributed by atoms with Crippen molar-refractivity contribution in [3.8, 4) is 0 Å². The van der Waals surface area contributed by atoms with E-state index in [0.29, 0.717) is 19.8 Å². The Hall–Kier alpha value is -1.59. The van der Waals surface area contributed by atoms with Crippen molar-refractivity contribution in [2.75, 3.05) is 52.6 Å². The molecule has 0 aromatic rings. The van der Waals surface area contributed by atoms with Crippen molar-refractivity contribution in [2.24, 2.45) is 0 Å². The molecule has 0 aliphatic carbocycles. The first kappa shape index (κ1) is 15.9. The van der Waals surface area contributed by atoms with Gasteiger partial charge in [-0.3, -0.25) is 0 Å². The summed E-state index contributed by atoms with van der Waals surface area (Å²) in [6, 6.07) is -1.87. The molecule has 0 spiro atoms. The number of hydrogen-bond acceptors (Lipinski definition) is 7. The number of carbonyl (C=O) groups is 3. The first-order valence-corrected chi connectivity index (χ1v) is 8.06. The number of quaternary nitrogens is 1. The number of imide groups is 3. The number of hydrogen-bond donors (Lipinski definition) is 1. The summed E-state index contributed by atoms with van der Waals surface area (Å²) in [7, 11) is 0. The summed E-state index contributed by atoms with van der Waals surface area (Å²) in [6.07, 6.45) is -0.577. The number of amides is 6. The van der Waals surface area contributed by atoms with Crippen LogP contribution < -0.4 is 0 Å². The molecular weight excluding hydrogens is 322 g/mol. The van der Waals surface area contributed by atoms with E-state index in [0.717, 1.165) is 9.80 Å². The lowest BCUT2D eigenvalue weighted by Crippen LogP contribution is -2.75. The molecule has 0 saturated carbocycles. The van der Waals surface area contributed by atoms with Crippen LogP contribution in [0.1, 0.15) is 0 Å². The predicted molar refractivity (Wildman–Crippen MR) is 75.9 cm³/mol. The molecule has 3 unspecified atom stereocenters. The van der Waals surface area contributed by atoms with Gasteiger partial charge in [0.25, 0.3) is 0 Å². The van der Waals surface area contributed by atoms with Gasteiger partial charge in [0.2, 0.25) is 0 Å². The molecule has 6 amide bonds. The third kappa shape index (κ3) is 2.80. The topological polar surface area (TPSA) is 116 Å². The average Bonchev–Trinajstić information content (AvgIpc) is 3.40. The van der Waals surface area contributed by atoms with E-state index >= 15 is 0 Å². The molecular formula is C14H20N3O7+. The molecule has 4 heterocycles. The smallest absolute Gasteiger partial charge is 0.390 e. The van der Waals surface area contributed by atoms with Crippen LogP contribution in [0.4, 0.5) is 14.4 Å². The van der Waals surface area contributed by atoms with Crippen molar-refractivity contribution >= 4 is 18.1 Å². The Morgan fingerprint density at radius 2 is 1.38 bits per heavy atom. The summed E-state index contributed by atoms with van der Waals surface area (Å²) in [5, 5.41) is 9.45. The summed E-state index contributed by atoms with van der Waals surface area (Å²) >= 11 is 0. The van der Waals surface area contributed by atoms with Crippen LogP contribution in [0, 0.1) is 0 Å². The highest BCUT2D eigenvalue weighted by Gasteiger charge is 2.61. The molecule has 24 heavy (non-hydrogen) atoms. The second-order valence-electron chi connectivity index (χ2n) is 6.53. The van der Waals surface area contributed by atoms with Gasteiger partial charge in [0, 0.05) is 0 Å². The molecule has 0 aromatic carbocycles. The van der Waals surface area contributed by atoms with Gasteiger partial charge in [0.05, 0.1) is 51.7 Å². The second kappa shape index (κ2) is 5.74. The number of epoxide rings is 3. The van der Waals surface area contributed by atoms with E-state index in [-0.39, 0.29) is 51.1 Å². The van der Waals surface area contributed by atoms with Crippen LogP contribution in [-0.2, 0) is 14.2 Å². The number of ether oxygens (including phenoxy) is 3. The molecule has 10 nitrogen and oxygen atoms in total. The molecule has 4 aliphatic heterocycles. The summed E-state index contributed by atoms with van der Waals surface area (Å²) in [5.41, 5.74) is 0. The lowest BCUT2D eigenvalue weighted by Gasteiger charge is -2.42. The van der Waals surface area contributed by atoms with Crippen LogP contribution in [0.25, 0.3) is 0 Å². The number of aliphatic hydroxyl groups excluding tert-OH is 1. The Bertz CT molecular complexity index is 535. The fraction of sp³-hybridized carbons (Fsp3) is 0.786. The monoisotopic (exact) mass is 342 g/mol. The lowest BCUT2D eigenvalue weighted by atomic mass is 10.2. The van der Waals surface area contributed by atoms with Crippen molar-refractivity contribution in [3.63, 3.8) is 0 Å². The lowest BCUT2D eigenvalue weighted by molar-refractivity contribution is -0.779. The molecule has 4 aliphatic rings. The molecule has 3 atom stereocenters. The van der Waals surface area contributed by atoms with Crippen LogP contribution in [0.3, 0.4) is 0 Å². The van der Waals surface area contributed by atoms with Crippen molar-refractivity contribution in [2.45, 2.75) is 18.3 Å². The van der Waals surface area contributed by atoms with Crippen LogP contribution in [-0.4, -0.2) is 108 Å². The van der Waals surface area contributed by atoms with Gasteiger partial charge in [-0.05, 0) is 0 Å². The summed E-state index contributed by atoms with van der Waals surface area (Å²) in [4.78, 5) is 40.8. The van der Waals surface area contributed by atoms with Gasteiger partial charge in [-0.15, -0.1) is 0 Å². The number of aliphatic hydroxyl groups is 1. The molecule has 4 fully saturated rings.